The van der Waals surface area contributed by atoms with Crippen LogP contribution >= 0.6 is 0 Å². The van der Waals surface area contributed by atoms with Crippen LogP contribution in [0.1, 0.15) is 40.0 Å². The number of carboxylic acids is 1. The van der Waals surface area contributed by atoms with E-state index in [1.807, 2.05) is 0 Å². The maximum Gasteiger partial charge on any atom is 0.306 e. The maximum atomic E-state index is 11.7. The number of nitrogens with one attached hydrogen (secondary N) is 1. The molecule has 0 radical (unpaired) electrons. The van der Waals surface area contributed by atoms with Crippen LogP contribution in [0, 0.1) is 11.8 Å². The van der Waals surface area contributed by atoms with E-state index in [1.54, 1.807) is 0 Å². The van der Waals surface area contributed by atoms with Crippen LogP contribution in [-0.2, 0) is 9.59 Å². The monoisotopic (exact) mass is 274 g/mol. The molecule has 0 rings (SSSR count). The van der Waals surface area contributed by atoms with Crippen molar-refractivity contribution in [3.63, 3.8) is 0 Å². The van der Waals surface area contributed by atoms with Gasteiger partial charge in [-0.25, -0.2) is 0 Å². The third kappa shape index (κ3) is 9.44. The molecule has 0 saturated carbocycles. The molecule has 112 valence electrons. The van der Waals surface area contributed by atoms with Crippen LogP contribution in [0.15, 0.2) is 0 Å². The molecule has 0 aromatic carbocycles. The molecule has 0 aliphatic carbocycles. The molecule has 2 atom stereocenters. The first-order chi connectivity index (χ1) is 8.66. The van der Waals surface area contributed by atoms with Crippen molar-refractivity contribution in [2.24, 2.45) is 17.6 Å². The first kappa shape index (κ1) is 17.9. The average Bonchev–Trinajstić information content (AvgIpc) is 2.23. The van der Waals surface area contributed by atoms with Crippen molar-refractivity contribution in [2.75, 3.05) is 13.1 Å². The van der Waals surface area contributed by atoms with E-state index < -0.39 is 18.0 Å². The van der Waals surface area contributed by atoms with Crippen molar-refractivity contribution in [1.82, 2.24) is 5.32 Å². The Morgan fingerprint density at radius 3 is 2.37 bits per heavy atom. The predicted octanol–water partition coefficient (Wildman–Crippen LogP) is 0.339. The summed E-state index contributed by atoms with van der Waals surface area (Å²) < 4.78 is 0. The maximum absolute atomic E-state index is 11.7. The van der Waals surface area contributed by atoms with Gasteiger partial charge in [-0.3, -0.25) is 9.59 Å². The number of carbonyl (C=O) groups excluding carboxylic acids is 1. The second-order valence-corrected chi connectivity index (χ2v) is 5.78. The summed E-state index contributed by atoms with van der Waals surface area (Å²) in [5, 5.41) is 20.9. The molecule has 0 fully saturated rings. The highest BCUT2D eigenvalue weighted by atomic mass is 16.4. The Kier molecular flexibility index (Phi) is 7.63. The summed E-state index contributed by atoms with van der Waals surface area (Å²) in [6.45, 7) is 5.89. The average molecular weight is 274 g/mol. The van der Waals surface area contributed by atoms with E-state index in [0.717, 1.165) is 6.42 Å². The lowest BCUT2D eigenvalue weighted by molar-refractivity contribution is -0.142. The largest absolute Gasteiger partial charge is 0.481 e. The van der Waals surface area contributed by atoms with Gasteiger partial charge >= 0.3 is 5.97 Å². The van der Waals surface area contributed by atoms with E-state index in [4.69, 9.17) is 10.8 Å². The molecule has 0 aromatic heterocycles. The van der Waals surface area contributed by atoms with Gasteiger partial charge < -0.3 is 21.3 Å². The Bertz CT molecular complexity index is 303. The molecule has 0 bridgehead atoms. The number of carboxylic acid groups (broad SMARTS) is 1. The molecule has 0 aliphatic heterocycles. The number of hydrogen-bond donors (Lipinski definition) is 4. The molecular formula is C13H26N2O4. The van der Waals surface area contributed by atoms with Gasteiger partial charge in [0.15, 0.2) is 0 Å². The Balaban J connectivity index is 4.13. The number of aliphatic hydroxyl groups is 1. The summed E-state index contributed by atoms with van der Waals surface area (Å²) in [5.74, 6) is -0.721. The Hall–Kier alpha value is -1.14. The van der Waals surface area contributed by atoms with Crippen molar-refractivity contribution < 1.29 is 19.8 Å². The second kappa shape index (κ2) is 8.12. The van der Waals surface area contributed by atoms with Crippen LogP contribution in [0.5, 0.6) is 0 Å². The minimum Gasteiger partial charge on any atom is -0.481 e. The van der Waals surface area contributed by atoms with E-state index in [1.165, 1.54) is 6.92 Å². The Morgan fingerprint density at radius 2 is 1.95 bits per heavy atom. The summed E-state index contributed by atoms with van der Waals surface area (Å²) >= 11 is 0. The minimum atomic E-state index is -1.43. The van der Waals surface area contributed by atoms with Crippen molar-refractivity contribution >= 4 is 11.9 Å². The van der Waals surface area contributed by atoms with Gasteiger partial charge in [0, 0.05) is 13.0 Å². The fraction of sp³-hybridized carbons (Fsp3) is 0.846. The molecule has 1 unspecified atom stereocenters. The van der Waals surface area contributed by atoms with E-state index in [9.17, 15) is 14.7 Å². The third-order valence-electron chi connectivity index (χ3n) is 2.81. The lowest BCUT2D eigenvalue weighted by Crippen LogP contribution is -2.42. The number of hydrogen-bond acceptors (Lipinski definition) is 4. The number of rotatable bonds is 9. The Morgan fingerprint density at radius 1 is 1.37 bits per heavy atom. The SMILES string of the molecule is CC(C)C[C@H](CN)CC(=O)NCC(C)(O)CC(=O)O. The van der Waals surface area contributed by atoms with Gasteiger partial charge in [-0.05, 0) is 31.7 Å². The number of amides is 1. The minimum absolute atomic E-state index is 0.0723. The van der Waals surface area contributed by atoms with Crippen LogP contribution in [0.25, 0.3) is 0 Å². The summed E-state index contributed by atoms with van der Waals surface area (Å²) in [7, 11) is 0. The van der Waals surface area contributed by atoms with Crippen molar-refractivity contribution in [1.29, 1.82) is 0 Å². The van der Waals surface area contributed by atoms with E-state index >= 15 is 0 Å². The topological polar surface area (TPSA) is 113 Å². The second-order valence-electron chi connectivity index (χ2n) is 5.78. The lowest BCUT2D eigenvalue weighted by Gasteiger charge is -2.22. The van der Waals surface area contributed by atoms with E-state index in [0.29, 0.717) is 18.9 Å². The number of aliphatic carboxylic acids is 1. The normalized spacial score (nSPS) is 15.9. The van der Waals surface area contributed by atoms with Crippen LogP contribution in [0.3, 0.4) is 0 Å². The molecule has 5 N–H and O–H groups in total. The third-order valence-corrected chi connectivity index (χ3v) is 2.81. The van der Waals surface area contributed by atoms with Crippen LogP contribution in [-0.4, -0.2) is 40.8 Å². The van der Waals surface area contributed by atoms with E-state index in [-0.39, 0.29) is 18.4 Å². The van der Waals surface area contributed by atoms with Gasteiger partial charge in [0.2, 0.25) is 5.91 Å². The molecule has 0 spiro atoms. The van der Waals surface area contributed by atoms with Gasteiger partial charge in [0.05, 0.1) is 12.0 Å². The van der Waals surface area contributed by atoms with Gasteiger partial charge in [0.25, 0.3) is 0 Å². The van der Waals surface area contributed by atoms with Gasteiger partial charge in [0.1, 0.15) is 0 Å². The quantitative estimate of drug-likeness (QED) is 0.484. The van der Waals surface area contributed by atoms with Gasteiger partial charge in [-0.2, -0.15) is 0 Å². The highest BCUT2D eigenvalue weighted by molar-refractivity contribution is 5.76. The zero-order valence-corrected chi connectivity index (χ0v) is 12.0. The zero-order chi connectivity index (χ0) is 15.1. The first-order valence-electron chi connectivity index (χ1n) is 6.57. The van der Waals surface area contributed by atoms with Crippen LogP contribution in [0.4, 0.5) is 0 Å². The molecule has 19 heavy (non-hydrogen) atoms. The van der Waals surface area contributed by atoms with Crippen molar-refractivity contribution in [3.8, 4) is 0 Å². The smallest absolute Gasteiger partial charge is 0.306 e. The summed E-state index contributed by atoms with van der Waals surface area (Å²) in [6.07, 6.45) is 0.771. The highest BCUT2D eigenvalue weighted by Crippen LogP contribution is 2.14. The first-order valence-corrected chi connectivity index (χ1v) is 6.57. The molecule has 6 nitrogen and oxygen atoms in total. The lowest BCUT2D eigenvalue weighted by atomic mass is 9.94. The number of carbonyl (C=O) groups is 2. The van der Waals surface area contributed by atoms with Crippen LogP contribution < -0.4 is 11.1 Å². The molecule has 0 aromatic rings. The highest BCUT2D eigenvalue weighted by Gasteiger charge is 2.25. The van der Waals surface area contributed by atoms with Crippen molar-refractivity contribution in [2.45, 2.75) is 45.6 Å². The van der Waals surface area contributed by atoms with Crippen LogP contribution in [0.2, 0.25) is 0 Å². The predicted molar refractivity (Wildman–Crippen MR) is 72.5 cm³/mol. The summed E-state index contributed by atoms with van der Waals surface area (Å²) in [4.78, 5) is 22.2. The molecule has 0 saturated heterocycles. The molecule has 0 heterocycles. The molecular weight excluding hydrogens is 248 g/mol. The fourth-order valence-electron chi connectivity index (χ4n) is 1.94. The van der Waals surface area contributed by atoms with E-state index in [2.05, 4.69) is 19.2 Å². The van der Waals surface area contributed by atoms with Gasteiger partial charge in [-0.15, -0.1) is 0 Å². The van der Waals surface area contributed by atoms with Gasteiger partial charge in [-0.1, -0.05) is 13.8 Å². The molecule has 0 aliphatic rings. The molecule has 1 amide bonds. The zero-order valence-electron chi connectivity index (χ0n) is 12.0. The standard InChI is InChI=1S/C13H26N2O4/c1-9(2)4-10(7-14)5-11(16)15-8-13(3,19)6-12(17)18/h9-10,19H,4-8,14H2,1-3H3,(H,15,16)(H,17,18)/t10-,13?/m0/s1. The summed E-state index contributed by atoms with van der Waals surface area (Å²) in [5.41, 5.74) is 4.18. The molecule has 6 heteroatoms. The summed E-state index contributed by atoms with van der Waals surface area (Å²) in [6, 6.07) is 0. The Labute approximate surface area is 114 Å². The number of nitrogens with two attached hydrogens (primary N) is 1. The van der Waals surface area contributed by atoms with Crippen molar-refractivity contribution in [3.05, 3.63) is 0 Å². The fourth-order valence-corrected chi connectivity index (χ4v) is 1.94.